The van der Waals surface area contributed by atoms with Gasteiger partial charge in [0.1, 0.15) is 16.9 Å². The number of nitrogens with zero attached hydrogens (tertiary/aromatic N) is 7. The Balaban J connectivity index is 0.800. The molecule has 8 aromatic rings. The number of nitro benzene ring substituents is 1. The molecule has 0 spiro atoms. The molecule has 1 saturated carbocycles. The van der Waals surface area contributed by atoms with Gasteiger partial charge in [-0.3, -0.25) is 29.3 Å². The van der Waals surface area contributed by atoms with Crippen LogP contribution in [0.3, 0.4) is 0 Å². The molecule has 20 heteroatoms. The Labute approximate surface area is 402 Å². The van der Waals surface area contributed by atoms with Crippen LogP contribution in [-0.4, -0.2) is 72.6 Å². The van der Waals surface area contributed by atoms with Crippen molar-refractivity contribution in [1.82, 2.24) is 30.8 Å². The minimum Gasteiger partial charge on any atom is -0.448 e. The van der Waals surface area contributed by atoms with E-state index in [2.05, 4.69) is 52.0 Å². The topological polar surface area (TPSA) is 274 Å². The number of hydrogen-bond acceptors (Lipinski definition) is 14. The SMILES string of the molecule is CC1(C)[C@@]2(C)CC[C@]1(C(=O)Nc1cccc3ccc(/C=N/NC(=O)c4ccc5cccc(NC(=O)Nc6cccc7ccc(C(=O)N/N=C/c8ccc9cccc([N+](=O)[O-])c9n8)nc67)c5n4)nc13)OC2=O. The lowest BCUT2D eigenvalue weighted by molar-refractivity contribution is -0.383. The number of fused-ring (bicyclic) bond motifs is 6. The molecule has 4 aromatic heterocycles. The van der Waals surface area contributed by atoms with E-state index in [1.807, 2.05) is 26.8 Å². The van der Waals surface area contributed by atoms with E-state index in [0.717, 1.165) is 5.39 Å². The third kappa shape index (κ3) is 8.01. The van der Waals surface area contributed by atoms with E-state index in [-0.39, 0.29) is 39.9 Å². The van der Waals surface area contributed by atoms with Gasteiger partial charge in [-0.1, -0.05) is 86.6 Å². The Hall–Kier alpha value is -9.59. The highest BCUT2D eigenvalue weighted by Gasteiger charge is 2.75. The molecule has 4 aromatic carbocycles. The molecule has 71 heavy (non-hydrogen) atoms. The molecule has 2 atom stereocenters. The van der Waals surface area contributed by atoms with Crippen molar-refractivity contribution in [3.05, 3.63) is 154 Å². The zero-order chi connectivity index (χ0) is 49.7. The number of anilines is 3. The van der Waals surface area contributed by atoms with E-state index in [9.17, 15) is 34.1 Å². The van der Waals surface area contributed by atoms with Gasteiger partial charge >= 0.3 is 12.0 Å². The zero-order valence-electron chi connectivity index (χ0n) is 38.0. The Kier molecular flexibility index (Phi) is 11.1. The number of amides is 5. The smallest absolute Gasteiger partial charge is 0.323 e. The number of nitro groups is 1. The van der Waals surface area contributed by atoms with Gasteiger partial charge in [-0.25, -0.2) is 35.6 Å². The molecule has 0 unspecified atom stereocenters. The number of ether oxygens (including phenoxy) is 1. The fourth-order valence-corrected chi connectivity index (χ4v) is 9.12. The fraction of sp³-hybridized carbons (Fsp3) is 0.157. The van der Waals surface area contributed by atoms with Gasteiger partial charge in [0, 0.05) is 33.0 Å². The Morgan fingerprint density at radius 2 is 1.04 bits per heavy atom. The molecular formula is C51H40N12O8. The van der Waals surface area contributed by atoms with E-state index >= 15 is 0 Å². The lowest BCUT2D eigenvalue weighted by Gasteiger charge is -2.35. The summed E-state index contributed by atoms with van der Waals surface area (Å²) in [6.07, 6.45) is 3.56. The summed E-state index contributed by atoms with van der Waals surface area (Å²) >= 11 is 0. The summed E-state index contributed by atoms with van der Waals surface area (Å²) in [6, 6.07) is 32.7. The molecule has 0 radical (unpaired) electrons. The van der Waals surface area contributed by atoms with E-state index in [0.29, 0.717) is 62.6 Å². The summed E-state index contributed by atoms with van der Waals surface area (Å²) < 4.78 is 5.78. The van der Waals surface area contributed by atoms with Gasteiger partial charge in [-0.2, -0.15) is 10.2 Å². The van der Waals surface area contributed by atoms with Crippen LogP contribution in [0.1, 0.15) is 66.0 Å². The predicted molar refractivity (Wildman–Crippen MR) is 265 cm³/mol. The van der Waals surface area contributed by atoms with Crippen LogP contribution in [0.15, 0.2) is 132 Å². The van der Waals surface area contributed by atoms with Crippen molar-refractivity contribution in [3.8, 4) is 0 Å². The third-order valence-electron chi connectivity index (χ3n) is 13.5. The highest BCUT2D eigenvalue weighted by molar-refractivity contribution is 6.10. The molecule has 2 fully saturated rings. The first-order valence-electron chi connectivity index (χ1n) is 22.2. The minimum atomic E-state index is -1.31. The summed E-state index contributed by atoms with van der Waals surface area (Å²) in [5.74, 6) is -2.10. The summed E-state index contributed by atoms with van der Waals surface area (Å²) in [5, 5.41) is 30.7. The number of nitrogens with one attached hydrogen (secondary N) is 5. The van der Waals surface area contributed by atoms with E-state index in [1.54, 1.807) is 97.1 Å². The van der Waals surface area contributed by atoms with Crippen molar-refractivity contribution in [2.75, 3.05) is 16.0 Å². The van der Waals surface area contributed by atoms with Crippen LogP contribution in [-0.2, 0) is 14.3 Å². The number of esters is 1. The lowest BCUT2D eigenvalue weighted by Crippen LogP contribution is -2.50. The molecule has 2 aliphatic rings. The van der Waals surface area contributed by atoms with Crippen molar-refractivity contribution in [1.29, 1.82) is 0 Å². The summed E-state index contributed by atoms with van der Waals surface area (Å²) in [6.45, 7) is 5.62. The number of hydrazone groups is 2. The quantitative estimate of drug-likeness (QED) is 0.0357. The average Bonchev–Trinajstić information content (AvgIpc) is 3.66. The number of rotatable bonds is 11. The number of non-ortho nitro benzene ring substituents is 1. The van der Waals surface area contributed by atoms with Crippen LogP contribution in [0.25, 0.3) is 43.6 Å². The largest absolute Gasteiger partial charge is 0.448 e. The van der Waals surface area contributed by atoms with Gasteiger partial charge in [0.2, 0.25) is 0 Å². The van der Waals surface area contributed by atoms with E-state index in [4.69, 9.17) is 9.72 Å². The Morgan fingerprint density at radius 1 is 0.592 bits per heavy atom. The number of benzene rings is 4. The van der Waals surface area contributed by atoms with Crippen LogP contribution < -0.4 is 26.8 Å². The molecule has 1 saturated heterocycles. The van der Waals surface area contributed by atoms with E-state index in [1.165, 1.54) is 30.6 Å². The fourth-order valence-electron chi connectivity index (χ4n) is 9.12. The summed E-state index contributed by atoms with van der Waals surface area (Å²) in [7, 11) is 0. The first kappa shape index (κ1) is 45.2. The number of aromatic nitrogens is 4. The molecule has 352 valence electrons. The highest BCUT2D eigenvalue weighted by atomic mass is 16.6. The number of pyridine rings is 4. The molecule has 5 N–H and O–H groups in total. The van der Waals surface area contributed by atoms with Gasteiger partial charge in [-0.05, 0) is 62.2 Å². The minimum absolute atomic E-state index is 0.00426. The van der Waals surface area contributed by atoms with Crippen LogP contribution in [0.4, 0.5) is 27.5 Å². The number of urea groups is 1. The van der Waals surface area contributed by atoms with E-state index < -0.39 is 45.1 Å². The van der Waals surface area contributed by atoms with Crippen molar-refractivity contribution >= 4 is 109 Å². The second-order valence-corrected chi connectivity index (χ2v) is 17.7. The molecule has 5 amide bonds. The van der Waals surface area contributed by atoms with Crippen molar-refractivity contribution in [3.63, 3.8) is 0 Å². The zero-order valence-corrected chi connectivity index (χ0v) is 38.0. The Bertz CT molecular complexity index is 3670. The van der Waals surface area contributed by atoms with Gasteiger partial charge in [-0.15, -0.1) is 0 Å². The van der Waals surface area contributed by atoms with Crippen LogP contribution >= 0.6 is 0 Å². The Morgan fingerprint density at radius 3 is 1.52 bits per heavy atom. The van der Waals surface area contributed by atoms with Gasteiger partial charge < -0.3 is 20.7 Å². The highest BCUT2D eigenvalue weighted by Crippen LogP contribution is 2.65. The van der Waals surface area contributed by atoms with Crippen molar-refractivity contribution in [2.45, 2.75) is 39.2 Å². The molecule has 1 aliphatic heterocycles. The number of carbonyl (C=O) groups is 5. The van der Waals surface area contributed by atoms with Crippen LogP contribution in [0.5, 0.6) is 0 Å². The average molecular weight is 949 g/mol. The number of hydrogen-bond donors (Lipinski definition) is 5. The number of carbonyl (C=O) groups excluding carboxylic acids is 5. The van der Waals surface area contributed by atoms with Crippen LogP contribution in [0, 0.1) is 20.9 Å². The maximum atomic E-state index is 13.9. The second kappa shape index (κ2) is 17.5. The standard InChI is InChI=1S/C51H40N12O8/c1-49(2)50(3)24-25-51(49,71-47(50)67)46(66)58-34-12-4-8-28-16-20-32(54-40(28)34)26-52-61-44(64)37-22-18-29-9-5-13-35(41(29)56-37)59-48(68)60-36-14-6-10-30-19-23-38(57-42(30)36)45(65)62-53-27-33-21-17-31-11-7-15-39(63(69)70)43(31)55-33/h4-23,26-27H,24-25H2,1-3H3,(H,58,66)(H,61,64)(H,62,65)(H2,59,60,68)/b52-26+,53-27+/t50-,51+/m0/s1. The summed E-state index contributed by atoms with van der Waals surface area (Å²) in [4.78, 5) is 95.7. The molecule has 20 nitrogen and oxygen atoms in total. The maximum Gasteiger partial charge on any atom is 0.323 e. The second-order valence-electron chi connectivity index (χ2n) is 17.7. The van der Waals surface area contributed by atoms with Gasteiger partial charge in [0.25, 0.3) is 23.4 Å². The first-order chi connectivity index (χ1) is 34.1. The number of para-hydroxylation sites is 4. The molecular weight excluding hydrogens is 909 g/mol. The third-order valence-corrected chi connectivity index (χ3v) is 13.5. The maximum absolute atomic E-state index is 13.9. The predicted octanol–water partition coefficient (Wildman–Crippen LogP) is 8.02. The molecule has 5 heterocycles. The van der Waals surface area contributed by atoms with Crippen molar-refractivity contribution < 1.29 is 33.6 Å². The summed E-state index contributed by atoms with van der Waals surface area (Å²) in [5.41, 5.74) is 4.82. The monoisotopic (exact) mass is 948 g/mol. The molecule has 2 bridgehead atoms. The van der Waals surface area contributed by atoms with Crippen LogP contribution in [0.2, 0.25) is 0 Å². The van der Waals surface area contributed by atoms with Crippen molar-refractivity contribution in [2.24, 2.45) is 21.0 Å². The molecule has 1 aliphatic carbocycles. The lowest BCUT2D eigenvalue weighted by atomic mass is 9.66. The first-order valence-corrected chi connectivity index (χ1v) is 22.2. The van der Waals surface area contributed by atoms with Gasteiger partial charge in [0.05, 0.1) is 67.8 Å². The van der Waals surface area contributed by atoms with Gasteiger partial charge in [0.15, 0.2) is 5.60 Å². The molecule has 10 rings (SSSR count). The normalized spacial score (nSPS) is 18.0.